The standard InChI is InChI=1S/C22H28FN3O2.HI/c1-3-24-22(25-13-17-5-8-19(23)9-6-17)26-14-18-7-4-16(2)12-21(18)28-20-10-11-27-15-20;/h4-9,12,20H,3,10-11,13-15H2,1-2H3,(H2,24,25,26);1H. The van der Waals surface area contributed by atoms with Crippen molar-refractivity contribution in [1.29, 1.82) is 0 Å². The minimum atomic E-state index is -0.239. The molecule has 0 bridgehead atoms. The van der Waals surface area contributed by atoms with Crippen molar-refractivity contribution in [1.82, 2.24) is 10.6 Å². The number of hydrogen-bond acceptors (Lipinski definition) is 3. The van der Waals surface area contributed by atoms with E-state index in [1.165, 1.54) is 12.1 Å². The molecule has 2 aromatic rings. The van der Waals surface area contributed by atoms with Gasteiger partial charge in [0.2, 0.25) is 0 Å². The number of nitrogens with zero attached hydrogens (tertiary/aromatic N) is 1. The minimum absolute atomic E-state index is 0. The predicted octanol–water partition coefficient (Wildman–Crippen LogP) is 4.18. The maximum absolute atomic E-state index is 13.0. The van der Waals surface area contributed by atoms with Gasteiger partial charge >= 0.3 is 0 Å². The molecule has 2 N–H and O–H groups in total. The van der Waals surface area contributed by atoms with E-state index < -0.39 is 0 Å². The lowest BCUT2D eigenvalue weighted by atomic mass is 10.1. The fourth-order valence-electron chi connectivity index (χ4n) is 2.98. The van der Waals surface area contributed by atoms with Crippen LogP contribution in [0.25, 0.3) is 0 Å². The second-order valence-corrected chi connectivity index (χ2v) is 6.89. The predicted molar refractivity (Wildman–Crippen MR) is 125 cm³/mol. The second kappa shape index (κ2) is 12.0. The molecule has 1 atom stereocenters. The van der Waals surface area contributed by atoms with Crippen LogP contribution in [-0.4, -0.2) is 31.8 Å². The number of benzene rings is 2. The number of rotatable bonds is 7. The summed E-state index contributed by atoms with van der Waals surface area (Å²) in [4.78, 5) is 4.59. The normalized spacial score (nSPS) is 16.2. The van der Waals surface area contributed by atoms with Gasteiger partial charge in [-0.3, -0.25) is 0 Å². The van der Waals surface area contributed by atoms with Crippen molar-refractivity contribution in [2.75, 3.05) is 19.8 Å². The van der Waals surface area contributed by atoms with E-state index in [9.17, 15) is 4.39 Å². The first-order valence-corrected chi connectivity index (χ1v) is 9.74. The quantitative estimate of drug-likeness (QED) is 0.332. The highest BCUT2D eigenvalue weighted by Crippen LogP contribution is 2.23. The molecular weight excluding hydrogens is 484 g/mol. The molecular formula is C22H29FIN3O2. The van der Waals surface area contributed by atoms with Gasteiger partial charge in [-0.05, 0) is 43.2 Å². The van der Waals surface area contributed by atoms with Gasteiger partial charge in [0, 0.05) is 25.1 Å². The molecule has 3 rings (SSSR count). The number of halogens is 2. The Bertz CT molecular complexity index is 793. The van der Waals surface area contributed by atoms with E-state index in [-0.39, 0.29) is 35.9 Å². The number of aliphatic imine (C=N–C) groups is 1. The number of guanidine groups is 1. The smallest absolute Gasteiger partial charge is 0.191 e. The number of nitrogens with one attached hydrogen (secondary N) is 2. The molecule has 2 aromatic carbocycles. The molecule has 1 fully saturated rings. The SMILES string of the molecule is CCNC(=NCc1ccc(F)cc1)NCc1ccc(C)cc1OC1CCOC1.I. The molecule has 0 radical (unpaired) electrons. The second-order valence-electron chi connectivity index (χ2n) is 6.89. The summed E-state index contributed by atoms with van der Waals surface area (Å²) < 4.78 is 24.6. The Kier molecular flexibility index (Phi) is 9.66. The van der Waals surface area contributed by atoms with E-state index in [4.69, 9.17) is 9.47 Å². The van der Waals surface area contributed by atoms with Crippen LogP contribution < -0.4 is 15.4 Å². The molecule has 1 saturated heterocycles. The fourth-order valence-corrected chi connectivity index (χ4v) is 2.98. The molecule has 0 aromatic heterocycles. The van der Waals surface area contributed by atoms with Crippen molar-refractivity contribution in [3.63, 3.8) is 0 Å². The summed E-state index contributed by atoms with van der Waals surface area (Å²) in [6.45, 7) is 7.31. The van der Waals surface area contributed by atoms with Gasteiger partial charge in [-0.15, -0.1) is 24.0 Å². The molecule has 0 amide bonds. The van der Waals surface area contributed by atoms with Gasteiger partial charge in [-0.1, -0.05) is 24.3 Å². The monoisotopic (exact) mass is 513 g/mol. The summed E-state index contributed by atoms with van der Waals surface area (Å²) in [5.41, 5.74) is 3.19. The highest BCUT2D eigenvalue weighted by atomic mass is 127. The Morgan fingerprint density at radius 1 is 1.21 bits per heavy atom. The highest BCUT2D eigenvalue weighted by molar-refractivity contribution is 14.0. The summed E-state index contributed by atoms with van der Waals surface area (Å²) >= 11 is 0. The molecule has 1 aliphatic rings. The van der Waals surface area contributed by atoms with Gasteiger partial charge in [0.25, 0.3) is 0 Å². The number of aryl methyl sites for hydroxylation is 1. The van der Waals surface area contributed by atoms with Crippen LogP contribution in [0.4, 0.5) is 4.39 Å². The summed E-state index contributed by atoms with van der Waals surface area (Å²) in [7, 11) is 0. The molecule has 1 heterocycles. The third-order valence-corrected chi connectivity index (χ3v) is 4.53. The van der Waals surface area contributed by atoms with E-state index in [1.807, 2.05) is 6.92 Å². The molecule has 158 valence electrons. The van der Waals surface area contributed by atoms with Crippen LogP contribution in [0.3, 0.4) is 0 Å². The largest absolute Gasteiger partial charge is 0.488 e. The number of ether oxygens (including phenoxy) is 2. The number of hydrogen-bond donors (Lipinski definition) is 2. The maximum atomic E-state index is 13.0. The Labute approximate surface area is 189 Å². The Balaban J connectivity index is 0.00000300. The zero-order valence-electron chi connectivity index (χ0n) is 16.9. The lowest BCUT2D eigenvalue weighted by molar-refractivity contribution is 0.140. The van der Waals surface area contributed by atoms with E-state index in [0.29, 0.717) is 25.7 Å². The van der Waals surface area contributed by atoms with Crippen LogP contribution in [-0.2, 0) is 17.8 Å². The van der Waals surface area contributed by atoms with Crippen LogP contribution in [0.15, 0.2) is 47.5 Å². The van der Waals surface area contributed by atoms with E-state index in [0.717, 1.165) is 42.0 Å². The zero-order valence-corrected chi connectivity index (χ0v) is 19.2. The fraction of sp³-hybridized carbons (Fsp3) is 0.409. The van der Waals surface area contributed by atoms with E-state index in [1.54, 1.807) is 12.1 Å². The van der Waals surface area contributed by atoms with Gasteiger partial charge in [-0.2, -0.15) is 0 Å². The Hall–Kier alpha value is -1.87. The average molecular weight is 513 g/mol. The van der Waals surface area contributed by atoms with Crippen molar-refractivity contribution in [3.8, 4) is 5.75 Å². The van der Waals surface area contributed by atoms with Gasteiger partial charge in [0.1, 0.15) is 17.7 Å². The van der Waals surface area contributed by atoms with Gasteiger partial charge < -0.3 is 20.1 Å². The average Bonchev–Trinajstić information content (AvgIpc) is 3.19. The van der Waals surface area contributed by atoms with Crippen LogP contribution >= 0.6 is 24.0 Å². The van der Waals surface area contributed by atoms with Crippen LogP contribution in [0.5, 0.6) is 5.75 Å². The van der Waals surface area contributed by atoms with Gasteiger partial charge in [0.05, 0.1) is 19.8 Å². The van der Waals surface area contributed by atoms with E-state index >= 15 is 0 Å². The lowest BCUT2D eigenvalue weighted by Gasteiger charge is -2.18. The zero-order chi connectivity index (χ0) is 19.8. The first-order chi connectivity index (χ1) is 13.6. The van der Waals surface area contributed by atoms with Gasteiger partial charge in [0.15, 0.2) is 5.96 Å². The van der Waals surface area contributed by atoms with Gasteiger partial charge in [-0.25, -0.2) is 9.38 Å². The lowest BCUT2D eigenvalue weighted by Crippen LogP contribution is -2.37. The molecule has 0 saturated carbocycles. The first-order valence-electron chi connectivity index (χ1n) is 9.74. The van der Waals surface area contributed by atoms with E-state index in [2.05, 4.69) is 40.7 Å². The summed E-state index contributed by atoms with van der Waals surface area (Å²) in [5, 5.41) is 6.60. The maximum Gasteiger partial charge on any atom is 0.191 e. The molecule has 1 aliphatic heterocycles. The molecule has 0 aliphatic carbocycles. The van der Waals surface area contributed by atoms with Crippen molar-refractivity contribution < 1.29 is 13.9 Å². The summed E-state index contributed by atoms with van der Waals surface area (Å²) in [6.07, 6.45) is 1.03. The molecule has 5 nitrogen and oxygen atoms in total. The summed E-state index contributed by atoms with van der Waals surface area (Å²) in [5.74, 6) is 1.36. The third-order valence-electron chi connectivity index (χ3n) is 4.53. The molecule has 0 spiro atoms. The molecule has 29 heavy (non-hydrogen) atoms. The molecule has 7 heteroatoms. The third kappa shape index (κ3) is 7.47. The van der Waals surface area contributed by atoms with Crippen LogP contribution in [0.1, 0.15) is 30.0 Å². The van der Waals surface area contributed by atoms with Crippen molar-refractivity contribution in [3.05, 3.63) is 65.0 Å². The Morgan fingerprint density at radius 2 is 2.00 bits per heavy atom. The minimum Gasteiger partial charge on any atom is -0.488 e. The van der Waals surface area contributed by atoms with Crippen molar-refractivity contribution >= 4 is 29.9 Å². The molecule has 1 unspecified atom stereocenters. The van der Waals surface area contributed by atoms with Crippen LogP contribution in [0.2, 0.25) is 0 Å². The summed E-state index contributed by atoms with van der Waals surface area (Å²) in [6, 6.07) is 12.6. The Morgan fingerprint density at radius 3 is 2.69 bits per heavy atom. The highest BCUT2D eigenvalue weighted by Gasteiger charge is 2.18. The first kappa shape index (κ1) is 23.4. The van der Waals surface area contributed by atoms with Crippen molar-refractivity contribution in [2.45, 2.75) is 39.5 Å². The van der Waals surface area contributed by atoms with Crippen LogP contribution in [0, 0.1) is 12.7 Å². The topological polar surface area (TPSA) is 54.9 Å². The van der Waals surface area contributed by atoms with Crippen molar-refractivity contribution in [2.24, 2.45) is 4.99 Å².